The highest BCUT2D eigenvalue weighted by Gasteiger charge is 2.18. The van der Waals surface area contributed by atoms with Crippen LogP contribution in [0, 0.1) is 12.7 Å². The Balaban J connectivity index is 1.95. The van der Waals surface area contributed by atoms with Gasteiger partial charge in [-0.2, -0.15) is 0 Å². The first-order valence-corrected chi connectivity index (χ1v) is 10.3. The molecule has 0 saturated heterocycles. The van der Waals surface area contributed by atoms with Crippen molar-refractivity contribution >= 4 is 23.6 Å². The molecule has 0 saturated carbocycles. The number of rotatable bonds is 8. The van der Waals surface area contributed by atoms with Gasteiger partial charge in [-0.25, -0.2) is 4.39 Å². The third kappa shape index (κ3) is 5.72. The maximum absolute atomic E-state index is 14.0. The molecule has 0 aliphatic carbocycles. The number of hydrogen-bond acceptors (Lipinski definition) is 5. The predicted octanol–water partition coefficient (Wildman–Crippen LogP) is 4.57. The molecular weight excluding hydrogens is 439 g/mol. The van der Waals surface area contributed by atoms with Crippen molar-refractivity contribution in [2.75, 3.05) is 26.6 Å². The number of carbonyl (C=O) groups is 2. The van der Waals surface area contributed by atoms with Crippen LogP contribution in [0.2, 0.25) is 0 Å². The highest BCUT2D eigenvalue weighted by molar-refractivity contribution is 6.10. The number of amides is 2. The van der Waals surface area contributed by atoms with E-state index in [0.29, 0.717) is 28.4 Å². The highest BCUT2D eigenvalue weighted by Crippen LogP contribution is 2.28. The molecular formula is C26H25FN2O5. The van der Waals surface area contributed by atoms with E-state index < -0.39 is 17.6 Å². The van der Waals surface area contributed by atoms with Crippen molar-refractivity contribution in [3.63, 3.8) is 0 Å². The van der Waals surface area contributed by atoms with Gasteiger partial charge in [-0.15, -0.1) is 0 Å². The van der Waals surface area contributed by atoms with Crippen LogP contribution in [0.5, 0.6) is 17.2 Å². The molecule has 0 heterocycles. The number of benzene rings is 3. The molecule has 0 aliphatic heterocycles. The summed E-state index contributed by atoms with van der Waals surface area (Å²) in [5, 5.41) is 5.25. The number of para-hydroxylation sites is 1. The average molecular weight is 464 g/mol. The summed E-state index contributed by atoms with van der Waals surface area (Å²) in [6.07, 6.45) is 1.48. The van der Waals surface area contributed by atoms with Crippen LogP contribution in [0.1, 0.15) is 21.5 Å². The van der Waals surface area contributed by atoms with Gasteiger partial charge in [-0.1, -0.05) is 24.3 Å². The molecule has 0 aromatic heterocycles. The van der Waals surface area contributed by atoms with Crippen LogP contribution < -0.4 is 24.8 Å². The second kappa shape index (κ2) is 11.0. The van der Waals surface area contributed by atoms with Crippen molar-refractivity contribution in [1.29, 1.82) is 0 Å². The minimum absolute atomic E-state index is 0.0646. The number of nitrogens with one attached hydrogen (secondary N) is 2. The summed E-state index contributed by atoms with van der Waals surface area (Å²) in [7, 11) is 4.45. The summed E-state index contributed by atoms with van der Waals surface area (Å²) < 4.78 is 29.8. The number of anilines is 1. The van der Waals surface area contributed by atoms with E-state index >= 15 is 0 Å². The molecule has 0 unspecified atom stereocenters. The second-order valence-corrected chi connectivity index (χ2v) is 7.24. The first-order chi connectivity index (χ1) is 16.4. The van der Waals surface area contributed by atoms with E-state index in [4.69, 9.17) is 14.2 Å². The predicted molar refractivity (Wildman–Crippen MR) is 128 cm³/mol. The SMILES string of the molecule is COc1ccccc1/C=C(/NC(=O)c1ccc(OC)c(OC)c1)C(=O)Nc1ccc(C)c(F)c1. The fourth-order valence-electron chi connectivity index (χ4n) is 3.14. The van der Waals surface area contributed by atoms with Crippen molar-refractivity contribution in [3.05, 3.63) is 88.9 Å². The number of ether oxygens (including phenoxy) is 3. The number of aryl methyl sites for hydroxylation is 1. The Morgan fingerprint density at radius 3 is 2.24 bits per heavy atom. The first-order valence-electron chi connectivity index (χ1n) is 10.3. The Morgan fingerprint density at radius 2 is 1.56 bits per heavy atom. The summed E-state index contributed by atoms with van der Waals surface area (Å²) in [6.45, 7) is 1.62. The zero-order chi connectivity index (χ0) is 24.7. The monoisotopic (exact) mass is 464 g/mol. The van der Waals surface area contributed by atoms with Crippen LogP contribution in [-0.2, 0) is 4.79 Å². The summed E-state index contributed by atoms with van der Waals surface area (Å²) in [5.41, 5.74) is 1.45. The summed E-state index contributed by atoms with van der Waals surface area (Å²) >= 11 is 0. The standard InChI is InChI=1S/C26H25FN2O5/c1-16-9-11-19(15-20(16)27)28-26(31)21(13-17-7-5-6-8-22(17)32-2)29-25(30)18-10-12-23(33-3)24(14-18)34-4/h5-15H,1-4H3,(H,28,31)(H,29,30)/b21-13+. The van der Waals surface area contributed by atoms with Crippen molar-refractivity contribution in [1.82, 2.24) is 5.32 Å². The van der Waals surface area contributed by atoms with Crippen LogP contribution in [0.3, 0.4) is 0 Å². The molecule has 8 heteroatoms. The molecule has 176 valence electrons. The molecule has 2 N–H and O–H groups in total. The molecule has 34 heavy (non-hydrogen) atoms. The third-order valence-electron chi connectivity index (χ3n) is 5.01. The van der Waals surface area contributed by atoms with Crippen LogP contribution in [0.4, 0.5) is 10.1 Å². The van der Waals surface area contributed by atoms with Crippen molar-refractivity contribution in [3.8, 4) is 17.2 Å². The van der Waals surface area contributed by atoms with E-state index in [1.165, 1.54) is 39.5 Å². The van der Waals surface area contributed by atoms with Gasteiger partial charge in [0.05, 0.1) is 21.3 Å². The maximum Gasteiger partial charge on any atom is 0.272 e. The molecule has 2 amide bonds. The summed E-state index contributed by atoms with van der Waals surface area (Å²) in [4.78, 5) is 26.1. The van der Waals surface area contributed by atoms with Crippen molar-refractivity contribution < 1.29 is 28.2 Å². The van der Waals surface area contributed by atoms with Crippen LogP contribution in [0.25, 0.3) is 6.08 Å². The molecule has 0 atom stereocenters. The van der Waals surface area contributed by atoms with E-state index in [2.05, 4.69) is 10.6 Å². The molecule has 0 spiro atoms. The minimum Gasteiger partial charge on any atom is -0.496 e. The normalized spacial score (nSPS) is 10.9. The molecule has 3 rings (SSSR count). The van der Waals surface area contributed by atoms with Gasteiger partial charge in [0.25, 0.3) is 11.8 Å². The Hall–Kier alpha value is -4.33. The summed E-state index contributed by atoms with van der Waals surface area (Å²) in [5.74, 6) is -0.305. The van der Waals surface area contributed by atoms with Gasteiger partial charge in [-0.05, 0) is 55.0 Å². The fourth-order valence-corrected chi connectivity index (χ4v) is 3.14. The Labute approximate surface area is 197 Å². The fraction of sp³-hybridized carbons (Fsp3) is 0.154. The largest absolute Gasteiger partial charge is 0.496 e. The van der Waals surface area contributed by atoms with Gasteiger partial charge in [0.2, 0.25) is 0 Å². The molecule has 0 bridgehead atoms. The molecule has 0 fully saturated rings. The lowest BCUT2D eigenvalue weighted by Gasteiger charge is -2.14. The maximum atomic E-state index is 14.0. The quantitative estimate of drug-likeness (QED) is 0.477. The van der Waals surface area contributed by atoms with Gasteiger partial charge in [-0.3, -0.25) is 9.59 Å². The second-order valence-electron chi connectivity index (χ2n) is 7.24. The van der Waals surface area contributed by atoms with Gasteiger partial charge in [0.1, 0.15) is 17.3 Å². The molecule has 7 nitrogen and oxygen atoms in total. The van der Waals surface area contributed by atoms with Gasteiger partial charge < -0.3 is 24.8 Å². The Morgan fingerprint density at radius 1 is 0.853 bits per heavy atom. The van der Waals surface area contributed by atoms with Gasteiger partial charge in [0, 0.05) is 16.8 Å². The van der Waals surface area contributed by atoms with Crippen molar-refractivity contribution in [2.24, 2.45) is 0 Å². The van der Waals surface area contributed by atoms with E-state index in [0.717, 1.165) is 0 Å². The topological polar surface area (TPSA) is 85.9 Å². The molecule has 0 aliphatic rings. The van der Waals surface area contributed by atoms with E-state index in [-0.39, 0.29) is 16.9 Å². The lowest BCUT2D eigenvalue weighted by atomic mass is 10.1. The number of halogens is 1. The first kappa shape index (κ1) is 24.3. The van der Waals surface area contributed by atoms with E-state index in [1.807, 2.05) is 0 Å². The number of carbonyl (C=O) groups excluding carboxylic acids is 2. The summed E-state index contributed by atoms with van der Waals surface area (Å²) in [6, 6.07) is 16.0. The van der Waals surface area contributed by atoms with Crippen LogP contribution >= 0.6 is 0 Å². The molecule has 3 aromatic carbocycles. The smallest absolute Gasteiger partial charge is 0.272 e. The third-order valence-corrected chi connectivity index (χ3v) is 5.01. The lowest BCUT2D eigenvalue weighted by Crippen LogP contribution is -2.30. The van der Waals surface area contributed by atoms with Gasteiger partial charge in [0.15, 0.2) is 11.5 Å². The zero-order valence-corrected chi connectivity index (χ0v) is 19.3. The molecule has 3 aromatic rings. The Kier molecular flexibility index (Phi) is 7.87. The minimum atomic E-state index is -0.636. The van der Waals surface area contributed by atoms with Crippen molar-refractivity contribution in [2.45, 2.75) is 6.92 Å². The Bertz CT molecular complexity index is 1240. The molecule has 0 radical (unpaired) electrons. The zero-order valence-electron chi connectivity index (χ0n) is 19.3. The van der Waals surface area contributed by atoms with Crippen LogP contribution in [-0.4, -0.2) is 33.1 Å². The average Bonchev–Trinajstić information content (AvgIpc) is 2.85. The van der Waals surface area contributed by atoms with Crippen LogP contribution in [0.15, 0.2) is 66.4 Å². The number of hydrogen-bond donors (Lipinski definition) is 2. The lowest BCUT2D eigenvalue weighted by molar-refractivity contribution is -0.113. The highest BCUT2D eigenvalue weighted by atomic mass is 19.1. The van der Waals surface area contributed by atoms with E-state index in [9.17, 15) is 14.0 Å². The van der Waals surface area contributed by atoms with E-state index in [1.54, 1.807) is 55.5 Å². The van der Waals surface area contributed by atoms with Gasteiger partial charge >= 0.3 is 0 Å². The number of methoxy groups -OCH3 is 3.